The molecular weight excluding hydrogens is 232 g/mol. The average Bonchev–Trinajstić information content (AvgIpc) is 2.15. The first-order valence-electron chi connectivity index (χ1n) is 4.81. The first kappa shape index (κ1) is 15.2. The zero-order valence-corrected chi connectivity index (χ0v) is 11.0. The first-order chi connectivity index (χ1) is 6.97. The van der Waals surface area contributed by atoms with Gasteiger partial charge < -0.3 is 16.2 Å². The maximum absolute atomic E-state index is 11.0. The van der Waals surface area contributed by atoms with Crippen LogP contribution < -0.4 is 11.1 Å². The summed E-state index contributed by atoms with van der Waals surface area (Å²) in [5, 5.41) is 12.6. The molecule has 0 bridgehead atoms. The number of nitrogens with two attached hydrogens (primary N) is 1. The van der Waals surface area contributed by atoms with Crippen molar-refractivity contribution >= 4 is 28.6 Å². The molecule has 90 valence electrons. The van der Waals surface area contributed by atoms with Crippen LogP contribution in [0.2, 0.25) is 0 Å². The predicted octanol–water partition coefficient (Wildman–Crippen LogP) is 0.253. The van der Waals surface area contributed by atoms with Gasteiger partial charge in [-0.05, 0) is 6.26 Å². The van der Waals surface area contributed by atoms with E-state index >= 15 is 0 Å². The van der Waals surface area contributed by atoms with Gasteiger partial charge in [-0.1, -0.05) is 25.6 Å². The number of carbonyl (C=O) groups is 1. The van der Waals surface area contributed by atoms with Crippen LogP contribution >= 0.6 is 23.5 Å². The summed E-state index contributed by atoms with van der Waals surface area (Å²) in [7, 11) is 0. The summed E-state index contributed by atoms with van der Waals surface area (Å²) in [4.78, 5) is 11.0. The molecule has 2 unspecified atom stereocenters. The van der Waals surface area contributed by atoms with Crippen LogP contribution in [-0.2, 0) is 4.79 Å². The minimum absolute atomic E-state index is 0.148. The third-order valence-corrected chi connectivity index (χ3v) is 3.55. The Morgan fingerprint density at radius 2 is 2.13 bits per heavy atom. The van der Waals surface area contributed by atoms with Gasteiger partial charge in [-0.2, -0.15) is 11.8 Å². The Bertz CT molecular complexity index is 189. The van der Waals surface area contributed by atoms with Crippen molar-refractivity contribution in [2.24, 2.45) is 5.73 Å². The van der Waals surface area contributed by atoms with E-state index in [1.807, 2.05) is 13.8 Å². The summed E-state index contributed by atoms with van der Waals surface area (Å²) in [6.07, 6.45) is 0.883. The second kappa shape index (κ2) is 8.41. The standard InChI is InChI=1S/C9H20N2O2S2/c1-6(2)11-7(9(10)13)4-15-5-8(12)14-3/h6-7,9,11,13H,4-5,10H2,1-3H3. The summed E-state index contributed by atoms with van der Waals surface area (Å²) in [5.74, 6) is 1.10. The molecule has 0 radical (unpaired) electrons. The summed E-state index contributed by atoms with van der Waals surface area (Å²) in [6.45, 7) is 3.99. The summed E-state index contributed by atoms with van der Waals surface area (Å²) in [6, 6.07) is 0.106. The molecule has 4 N–H and O–H groups in total. The van der Waals surface area contributed by atoms with Gasteiger partial charge in [0, 0.05) is 11.8 Å². The number of thioether (sulfide) groups is 2. The molecule has 0 heterocycles. The zero-order valence-electron chi connectivity index (χ0n) is 9.40. The third-order valence-electron chi connectivity index (χ3n) is 1.70. The molecule has 0 aromatic heterocycles. The maximum atomic E-state index is 11.0. The highest BCUT2D eigenvalue weighted by atomic mass is 32.2. The first-order valence-corrected chi connectivity index (χ1v) is 7.19. The molecule has 0 aromatic rings. The van der Waals surface area contributed by atoms with Gasteiger partial charge in [0.1, 0.15) is 6.23 Å². The topological polar surface area (TPSA) is 75.4 Å². The molecule has 0 aromatic carbocycles. The fourth-order valence-electron chi connectivity index (χ4n) is 1.00. The highest BCUT2D eigenvalue weighted by Crippen LogP contribution is 2.09. The Balaban J connectivity index is 3.81. The fourth-order valence-corrected chi connectivity index (χ4v) is 2.55. The number of hydrogen-bond acceptors (Lipinski definition) is 6. The number of hydrogen-bond donors (Lipinski definition) is 3. The van der Waals surface area contributed by atoms with Crippen LogP contribution in [0.25, 0.3) is 0 Å². The fraction of sp³-hybridized carbons (Fsp3) is 0.889. The molecule has 15 heavy (non-hydrogen) atoms. The molecule has 0 saturated heterocycles. The van der Waals surface area contributed by atoms with E-state index in [1.165, 1.54) is 23.5 Å². The minimum Gasteiger partial charge on any atom is -0.377 e. The highest BCUT2D eigenvalue weighted by molar-refractivity contribution is 8.15. The molecule has 0 fully saturated rings. The van der Waals surface area contributed by atoms with Gasteiger partial charge in [-0.25, -0.2) is 0 Å². The number of carbonyl (C=O) groups excluding carboxylic acids is 1. The van der Waals surface area contributed by atoms with Gasteiger partial charge in [0.05, 0.1) is 11.8 Å². The van der Waals surface area contributed by atoms with Crippen molar-refractivity contribution in [3.63, 3.8) is 0 Å². The van der Waals surface area contributed by atoms with E-state index in [9.17, 15) is 9.90 Å². The predicted molar refractivity (Wildman–Crippen MR) is 68.1 cm³/mol. The molecule has 0 rings (SSSR count). The van der Waals surface area contributed by atoms with E-state index in [0.29, 0.717) is 11.5 Å². The second-order valence-electron chi connectivity index (χ2n) is 3.51. The van der Waals surface area contributed by atoms with Crippen LogP contribution in [-0.4, -0.2) is 46.3 Å². The number of nitrogens with one attached hydrogen (secondary N) is 1. The lowest BCUT2D eigenvalue weighted by Gasteiger charge is -2.23. The number of aliphatic hydroxyl groups excluding tert-OH is 1. The van der Waals surface area contributed by atoms with Gasteiger partial charge in [-0.15, -0.1) is 0 Å². The lowest BCUT2D eigenvalue weighted by molar-refractivity contribution is -0.108. The van der Waals surface area contributed by atoms with Crippen molar-refractivity contribution in [1.82, 2.24) is 5.32 Å². The Labute approximate surface area is 99.8 Å². The normalized spacial score (nSPS) is 15.3. The summed E-state index contributed by atoms with van der Waals surface area (Å²) >= 11 is 2.72. The van der Waals surface area contributed by atoms with Crippen LogP contribution in [0.1, 0.15) is 13.8 Å². The van der Waals surface area contributed by atoms with Gasteiger partial charge in [0.25, 0.3) is 0 Å². The van der Waals surface area contributed by atoms with E-state index < -0.39 is 6.23 Å². The van der Waals surface area contributed by atoms with Crippen molar-refractivity contribution in [1.29, 1.82) is 0 Å². The molecule has 0 saturated carbocycles. The van der Waals surface area contributed by atoms with Crippen molar-refractivity contribution in [2.75, 3.05) is 17.8 Å². The van der Waals surface area contributed by atoms with E-state index in [1.54, 1.807) is 6.26 Å². The van der Waals surface area contributed by atoms with Crippen LogP contribution in [0.15, 0.2) is 0 Å². The number of aliphatic hydroxyl groups is 1. The third kappa shape index (κ3) is 8.10. The minimum atomic E-state index is -0.885. The van der Waals surface area contributed by atoms with Crippen LogP contribution in [0.5, 0.6) is 0 Å². The van der Waals surface area contributed by atoms with Crippen molar-refractivity contribution < 1.29 is 9.90 Å². The summed E-state index contributed by atoms with van der Waals surface area (Å²) in [5.41, 5.74) is 5.42. The Kier molecular flexibility index (Phi) is 8.55. The second-order valence-corrected chi connectivity index (χ2v) is 5.40. The monoisotopic (exact) mass is 252 g/mol. The van der Waals surface area contributed by atoms with Crippen LogP contribution in [0.3, 0.4) is 0 Å². The van der Waals surface area contributed by atoms with E-state index in [2.05, 4.69) is 5.32 Å². The van der Waals surface area contributed by atoms with Gasteiger partial charge >= 0.3 is 0 Å². The SMILES string of the molecule is CSC(=O)CSCC(NC(C)C)C(N)O. The van der Waals surface area contributed by atoms with E-state index in [-0.39, 0.29) is 17.2 Å². The largest absolute Gasteiger partial charge is 0.377 e. The zero-order chi connectivity index (χ0) is 11.8. The molecule has 0 spiro atoms. The quantitative estimate of drug-likeness (QED) is 0.564. The molecular formula is C9H20N2O2S2. The van der Waals surface area contributed by atoms with Crippen LogP contribution in [0, 0.1) is 0 Å². The molecule has 0 amide bonds. The van der Waals surface area contributed by atoms with E-state index in [4.69, 9.17) is 5.73 Å². The lowest BCUT2D eigenvalue weighted by atomic mass is 10.2. The molecule has 4 nitrogen and oxygen atoms in total. The maximum Gasteiger partial charge on any atom is 0.198 e. The van der Waals surface area contributed by atoms with Gasteiger partial charge in [-0.3, -0.25) is 4.79 Å². The van der Waals surface area contributed by atoms with Crippen LogP contribution in [0.4, 0.5) is 0 Å². The van der Waals surface area contributed by atoms with Crippen molar-refractivity contribution in [2.45, 2.75) is 32.2 Å². The molecule has 0 aliphatic carbocycles. The van der Waals surface area contributed by atoms with Crippen molar-refractivity contribution in [3.05, 3.63) is 0 Å². The van der Waals surface area contributed by atoms with Gasteiger partial charge in [0.2, 0.25) is 0 Å². The molecule has 0 aliphatic heterocycles. The van der Waals surface area contributed by atoms with Crippen molar-refractivity contribution in [3.8, 4) is 0 Å². The molecule has 0 aliphatic rings. The number of rotatable bonds is 7. The smallest absolute Gasteiger partial charge is 0.198 e. The lowest BCUT2D eigenvalue weighted by Crippen LogP contribution is -2.49. The summed E-state index contributed by atoms with van der Waals surface area (Å²) < 4.78 is 0. The average molecular weight is 252 g/mol. The molecule has 2 atom stereocenters. The highest BCUT2D eigenvalue weighted by Gasteiger charge is 2.16. The van der Waals surface area contributed by atoms with Gasteiger partial charge in [0.15, 0.2) is 5.12 Å². The Morgan fingerprint density at radius 3 is 2.53 bits per heavy atom. The Hall–Kier alpha value is 0.250. The molecule has 6 heteroatoms. The Morgan fingerprint density at radius 1 is 1.53 bits per heavy atom. The van der Waals surface area contributed by atoms with E-state index in [0.717, 1.165) is 0 Å².